The maximum atomic E-state index is 5.57. The molecule has 116 valence electrons. The van der Waals surface area contributed by atoms with E-state index in [2.05, 4.69) is 25.3 Å². The van der Waals surface area contributed by atoms with Gasteiger partial charge in [-0.15, -0.1) is 21.5 Å². The smallest absolute Gasteiger partial charge is 0.277 e. The van der Waals surface area contributed by atoms with Crippen LogP contribution in [0.25, 0.3) is 10.8 Å². The minimum atomic E-state index is 0.410. The highest BCUT2D eigenvalue weighted by molar-refractivity contribution is 7.98. The first-order valence-corrected chi connectivity index (χ1v) is 8.49. The van der Waals surface area contributed by atoms with Crippen molar-refractivity contribution >= 4 is 23.1 Å². The van der Waals surface area contributed by atoms with Crippen molar-refractivity contribution in [2.75, 3.05) is 0 Å². The summed E-state index contributed by atoms with van der Waals surface area (Å²) in [5, 5.41) is 15.4. The third-order valence-corrected chi connectivity index (χ3v) is 4.60. The van der Waals surface area contributed by atoms with Gasteiger partial charge in [0.1, 0.15) is 19.2 Å². The summed E-state index contributed by atoms with van der Waals surface area (Å²) >= 11 is 2.99. The fourth-order valence-electron chi connectivity index (χ4n) is 1.84. The molecule has 0 aromatic carbocycles. The molecule has 0 spiro atoms. The fourth-order valence-corrected chi connectivity index (χ4v) is 3.40. The van der Waals surface area contributed by atoms with Crippen molar-refractivity contribution in [2.24, 2.45) is 0 Å². The molecule has 4 heterocycles. The van der Waals surface area contributed by atoms with Gasteiger partial charge in [0.15, 0.2) is 10.8 Å². The maximum absolute atomic E-state index is 5.57. The fraction of sp³-hybridized carbons (Fsp3) is 0.154. The van der Waals surface area contributed by atoms with Crippen LogP contribution in [0.3, 0.4) is 0 Å². The van der Waals surface area contributed by atoms with E-state index in [1.54, 1.807) is 28.6 Å². The molecule has 0 bridgehead atoms. The zero-order valence-corrected chi connectivity index (χ0v) is 13.3. The lowest BCUT2D eigenvalue weighted by Gasteiger charge is -1.94. The van der Waals surface area contributed by atoms with Crippen LogP contribution in [0, 0.1) is 0 Å². The highest BCUT2D eigenvalue weighted by Crippen LogP contribution is 2.27. The summed E-state index contributed by atoms with van der Waals surface area (Å²) in [7, 11) is 0. The standard InChI is InChI=1S/C13H10N6O2S2/c1-2-10(20-3-1)12-16-9(5-22-12)6-23-13-18-17-11(21-13)4-19-8-14-7-15-19/h1-3,5,7-8H,4,6H2. The minimum Gasteiger partial charge on any atom is -0.462 e. The van der Waals surface area contributed by atoms with E-state index in [4.69, 9.17) is 8.83 Å². The first-order chi connectivity index (χ1) is 11.4. The van der Waals surface area contributed by atoms with E-state index < -0.39 is 0 Å². The Morgan fingerprint density at radius 2 is 2.30 bits per heavy atom. The largest absolute Gasteiger partial charge is 0.462 e. The van der Waals surface area contributed by atoms with Gasteiger partial charge in [-0.25, -0.2) is 14.6 Å². The molecular weight excluding hydrogens is 336 g/mol. The Labute approximate surface area is 138 Å². The molecule has 0 atom stereocenters. The number of nitrogens with zero attached hydrogens (tertiary/aromatic N) is 6. The van der Waals surface area contributed by atoms with Crippen LogP contribution < -0.4 is 0 Å². The number of hydrogen-bond donors (Lipinski definition) is 0. The Hall–Kier alpha value is -2.46. The summed E-state index contributed by atoms with van der Waals surface area (Å²) in [5.41, 5.74) is 0.947. The first kappa shape index (κ1) is 14.2. The van der Waals surface area contributed by atoms with Gasteiger partial charge in [0.05, 0.1) is 12.0 Å². The second-order valence-electron chi connectivity index (χ2n) is 4.46. The van der Waals surface area contributed by atoms with Crippen molar-refractivity contribution < 1.29 is 8.83 Å². The molecule has 0 aliphatic rings. The van der Waals surface area contributed by atoms with Crippen molar-refractivity contribution in [3.05, 3.63) is 48.0 Å². The van der Waals surface area contributed by atoms with E-state index in [0.717, 1.165) is 16.5 Å². The Morgan fingerprint density at radius 3 is 3.13 bits per heavy atom. The average Bonchev–Trinajstić information content (AvgIpc) is 3.33. The van der Waals surface area contributed by atoms with Crippen molar-refractivity contribution in [3.63, 3.8) is 0 Å². The number of thioether (sulfide) groups is 1. The summed E-state index contributed by atoms with van der Waals surface area (Å²) in [6.07, 6.45) is 4.70. The van der Waals surface area contributed by atoms with Crippen LogP contribution in [0.2, 0.25) is 0 Å². The second-order valence-corrected chi connectivity index (χ2v) is 6.25. The van der Waals surface area contributed by atoms with E-state index in [9.17, 15) is 0 Å². The van der Waals surface area contributed by atoms with Crippen LogP contribution in [-0.2, 0) is 12.3 Å². The number of thiazole rings is 1. The predicted octanol–water partition coefficient (Wildman–Crippen LogP) is 2.72. The zero-order chi connectivity index (χ0) is 15.5. The van der Waals surface area contributed by atoms with Gasteiger partial charge in [0.2, 0.25) is 5.89 Å². The zero-order valence-electron chi connectivity index (χ0n) is 11.7. The highest BCUT2D eigenvalue weighted by atomic mass is 32.2. The Kier molecular flexibility index (Phi) is 3.90. The van der Waals surface area contributed by atoms with Gasteiger partial charge in [0.25, 0.3) is 5.22 Å². The average molecular weight is 346 g/mol. The summed E-state index contributed by atoms with van der Waals surface area (Å²) in [6.45, 7) is 0.410. The van der Waals surface area contributed by atoms with Crippen LogP contribution in [-0.4, -0.2) is 29.9 Å². The molecule has 0 fully saturated rings. The third-order valence-electron chi connectivity index (χ3n) is 2.84. The number of aromatic nitrogens is 6. The van der Waals surface area contributed by atoms with E-state index >= 15 is 0 Å². The molecule has 8 nitrogen and oxygen atoms in total. The molecule has 0 aliphatic carbocycles. The third kappa shape index (κ3) is 3.32. The van der Waals surface area contributed by atoms with Crippen LogP contribution >= 0.6 is 23.1 Å². The maximum Gasteiger partial charge on any atom is 0.277 e. The van der Waals surface area contributed by atoms with Gasteiger partial charge in [-0.1, -0.05) is 11.8 Å². The Bertz CT molecular complexity index is 868. The normalized spacial score (nSPS) is 11.1. The molecular formula is C13H10N6O2S2. The number of furan rings is 1. The minimum absolute atomic E-state index is 0.410. The van der Waals surface area contributed by atoms with Gasteiger partial charge >= 0.3 is 0 Å². The van der Waals surface area contributed by atoms with Gasteiger partial charge in [-0.2, -0.15) is 5.10 Å². The lowest BCUT2D eigenvalue weighted by Crippen LogP contribution is -1.99. The first-order valence-electron chi connectivity index (χ1n) is 6.63. The molecule has 0 saturated carbocycles. The van der Waals surface area contributed by atoms with E-state index in [-0.39, 0.29) is 0 Å². The Balaban J connectivity index is 1.37. The summed E-state index contributed by atoms with van der Waals surface area (Å²) in [4.78, 5) is 8.39. The van der Waals surface area contributed by atoms with Crippen molar-refractivity contribution in [1.29, 1.82) is 0 Å². The van der Waals surface area contributed by atoms with Crippen LogP contribution in [0.5, 0.6) is 0 Å². The van der Waals surface area contributed by atoms with Crippen molar-refractivity contribution in [1.82, 2.24) is 29.9 Å². The molecule has 4 aromatic heterocycles. The lowest BCUT2D eigenvalue weighted by atomic mass is 10.5. The number of rotatable bonds is 6. The SMILES string of the molecule is c1coc(-c2nc(CSc3nnc(Cn4cncn4)o3)cs2)c1. The van der Waals surface area contributed by atoms with Gasteiger partial charge in [-0.3, -0.25) is 0 Å². The molecule has 4 rings (SSSR count). The van der Waals surface area contributed by atoms with Crippen molar-refractivity contribution in [2.45, 2.75) is 17.5 Å². The molecule has 0 amide bonds. The van der Waals surface area contributed by atoms with Gasteiger partial charge in [-0.05, 0) is 12.1 Å². The molecule has 0 N–H and O–H groups in total. The quantitative estimate of drug-likeness (QED) is 0.492. The number of hydrogen-bond acceptors (Lipinski definition) is 9. The lowest BCUT2D eigenvalue weighted by molar-refractivity contribution is 0.397. The van der Waals surface area contributed by atoms with Crippen LogP contribution in [0.15, 0.2) is 50.5 Å². The molecule has 0 unspecified atom stereocenters. The van der Waals surface area contributed by atoms with Gasteiger partial charge in [0, 0.05) is 11.1 Å². The van der Waals surface area contributed by atoms with Crippen LogP contribution in [0.4, 0.5) is 0 Å². The molecule has 23 heavy (non-hydrogen) atoms. The van der Waals surface area contributed by atoms with Crippen LogP contribution in [0.1, 0.15) is 11.6 Å². The second kappa shape index (κ2) is 6.34. The molecule has 0 radical (unpaired) electrons. The summed E-state index contributed by atoms with van der Waals surface area (Å²) < 4.78 is 12.5. The Morgan fingerprint density at radius 1 is 1.30 bits per heavy atom. The molecule has 4 aromatic rings. The molecule has 0 saturated heterocycles. The van der Waals surface area contributed by atoms with E-state index in [1.807, 2.05) is 17.5 Å². The topological polar surface area (TPSA) is 95.7 Å². The molecule has 0 aliphatic heterocycles. The predicted molar refractivity (Wildman–Crippen MR) is 82.8 cm³/mol. The van der Waals surface area contributed by atoms with E-state index in [0.29, 0.717) is 23.4 Å². The highest BCUT2D eigenvalue weighted by Gasteiger charge is 2.11. The monoisotopic (exact) mass is 346 g/mol. The summed E-state index contributed by atoms with van der Waals surface area (Å²) in [6, 6.07) is 3.74. The van der Waals surface area contributed by atoms with E-state index in [1.165, 1.54) is 18.1 Å². The summed E-state index contributed by atoms with van der Waals surface area (Å²) in [5.74, 6) is 1.93. The van der Waals surface area contributed by atoms with Gasteiger partial charge < -0.3 is 8.83 Å². The molecule has 10 heteroatoms. The van der Waals surface area contributed by atoms with Crippen molar-refractivity contribution in [3.8, 4) is 10.8 Å².